The van der Waals surface area contributed by atoms with Crippen LogP contribution in [0.3, 0.4) is 0 Å². The van der Waals surface area contributed by atoms with Gasteiger partial charge >= 0.3 is 0 Å². The number of nitrogens with zero attached hydrogens (tertiary/aromatic N) is 2. The van der Waals surface area contributed by atoms with Gasteiger partial charge in [-0.25, -0.2) is 0 Å². The van der Waals surface area contributed by atoms with Gasteiger partial charge in [0.05, 0.1) is 0 Å². The number of carbonyl (C=O) groups excluding carboxylic acids is 1. The highest BCUT2D eigenvalue weighted by Gasteiger charge is 2.26. The standard InChI is InChI=1S/C23H24N2O/c1-17-12-13-20(16-25-15-14-18-8-6-7-11-21(18)25)22(17)24(2)23(26)19-9-4-3-5-10-19/h3-11,16H,12-15H2,1-2H3/b20-16+. The Morgan fingerprint density at radius 1 is 1.00 bits per heavy atom. The van der Waals surface area contributed by atoms with Gasteiger partial charge in [0.25, 0.3) is 5.91 Å². The number of hydrogen-bond donors (Lipinski definition) is 0. The molecule has 0 atom stereocenters. The van der Waals surface area contributed by atoms with Crippen molar-refractivity contribution in [1.29, 1.82) is 0 Å². The summed E-state index contributed by atoms with van der Waals surface area (Å²) < 4.78 is 0. The van der Waals surface area contributed by atoms with Crippen molar-refractivity contribution in [2.24, 2.45) is 0 Å². The van der Waals surface area contributed by atoms with E-state index >= 15 is 0 Å². The lowest BCUT2D eigenvalue weighted by Gasteiger charge is -2.23. The molecule has 2 aromatic rings. The second-order valence-electron chi connectivity index (χ2n) is 7.09. The lowest BCUT2D eigenvalue weighted by Crippen LogP contribution is -2.27. The maximum absolute atomic E-state index is 12.9. The molecule has 2 aromatic carbocycles. The SMILES string of the molecule is CC1=C(N(C)C(=O)c2ccccc2)/C(=C/N2CCc3ccccc32)CC1. The van der Waals surface area contributed by atoms with Crippen LogP contribution in [0.15, 0.2) is 77.6 Å². The molecule has 0 radical (unpaired) electrons. The number of para-hydroxylation sites is 1. The molecule has 0 bridgehead atoms. The fraction of sp³-hybridized carbons (Fsp3) is 0.261. The molecule has 0 spiro atoms. The molecular weight excluding hydrogens is 320 g/mol. The topological polar surface area (TPSA) is 23.6 Å². The number of benzene rings is 2. The molecule has 1 heterocycles. The van der Waals surface area contributed by atoms with Gasteiger partial charge < -0.3 is 9.80 Å². The van der Waals surface area contributed by atoms with E-state index in [1.165, 1.54) is 22.4 Å². The van der Waals surface area contributed by atoms with Crippen LogP contribution in [0.25, 0.3) is 0 Å². The van der Waals surface area contributed by atoms with Gasteiger partial charge in [0.2, 0.25) is 0 Å². The fourth-order valence-electron chi connectivity index (χ4n) is 4.02. The quantitative estimate of drug-likeness (QED) is 0.800. The predicted octanol–water partition coefficient (Wildman–Crippen LogP) is 4.77. The highest BCUT2D eigenvalue weighted by atomic mass is 16.2. The summed E-state index contributed by atoms with van der Waals surface area (Å²) in [6.07, 6.45) is 5.35. The van der Waals surface area contributed by atoms with E-state index < -0.39 is 0 Å². The third-order valence-corrected chi connectivity index (χ3v) is 5.37. The van der Waals surface area contributed by atoms with E-state index in [0.29, 0.717) is 0 Å². The number of allylic oxidation sites excluding steroid dienone is 2. The molecule has 0 saturated carbocycles. The van der Waals surface area contributed by atoms with E-state index in [9.17, 15) is 4.79 Å². The molecule has 0 aromatic heterocycles. The Labute approximate surface area is 155 Å². The number of hydrogen-bond acceptors (Lipinski definition) is 2. The molecule has 3 heteroatoms. The Morgan fingerprint density at radius 3 is 2.54 bits per heavy atom. The Balaban J connectivity index is 1.63. The summed E-state index contributed by atoms with van der Waals surface area (Å²) in [6, 6.07) is 18.1. The van der Waals surface area contributed by atoms with Crippen molar-refractivity contribution in [2.45, 2.75) is 26.2 Å². The zero-order valence-corrected chi connectivity index (χ0v) is 15.4. The van der Waals surface area contributed by atoms with Crippen LogP contribution in [0, 0.1) is 0 Å². The molecule has 0 N–H and O–H groups in total. The molecule has 1 amide bonds. The van der Waals surface area contributed by atoms with Gasteiger partial charge in [0.1, 0.15) is 0 Å². The van der Waals surface area contributed by atoms with E-state index in [-0.39, 0.29) is 5.91 Å². The molecule has 0 fully saturated rings. The molecule has 1 aliphatic heterocycles. The first-order chi connectivity index (χ1) is 12.6. The maximum Gasteiger partial charge on any atom is 0.258 e. The van der Waals surface area contributed by atoms with Crippen molar-refractivity contribution in [3.63, 3.8) is 0 Å². The molecule has 0 saturated heterocycles. The van der Waals surface area contributed by atoms with Crippen LogP contribution in [0.1, 0.15) is 35.7 Å². The van der Waals surface area contributed by atoms with Gasteiger partial charge in [-0.3, -0.25) is 4.79 Å². The van der Waals surface area contributed by atoms with Crippen molar-refractivity contribution < 1.29 is 4.79 Å². The minimum absolute atomic E-state index is 0.0505. The van der Waals surface area contributed by atoms with Gasteiger partial charge in [0, 0.05) is 36.7 Å². The molecule has 26 heavy (non-hydrogen) atoms. The molecule has 4 rings (SSSR count). The van der Waals surface area contributed by atoms with Gasteiger partial charge in [-0.15, -0.1) is 0 Å². The number of fused-ring (bicyclic) bond motifs is 1. The zero-order chi connectivity index (χ0) is 18.1. The van der Waals surface area contributed by atoms with E-state index in [2.05, 4.69) is 42.3 Å². The maximum atomic E-state index is 12.9. The summed E-state index contributed by atoms with van der Waals surface area (Å²) in [5.41, 5.74) is 7.05. The normalized spacial score (nSPS) is 17.8. The number of rotatable bonds is 3. The van der Waals surface area contributed by atoms with Gasteiger partial charge in [-0.1, -0.05) is 36.4 Å². The van der Waals surface area contributed by atoms with Crippen LogP contribution in [-0.2, 0) is 6.42 Å². The Morgan fingerprint density at radius 2 is 1.73 bits per heavy atom. The first-order valence-electron chi connectivity index (χ1n) is 9.23. The van der Waals surface area contributed by atoms with Crippen molar-refractivity contribution in [1.82, 2.24) is 4.90 Å². The van der Waals surface area contributed by atoms with Crippen LogP contribution >= 0.6 is 0 Å². The average Bonchev–Trinajstić information content (AvgIpc) is 3.25. The van der Waals surface area contributed by atoms with E-state index in [1.54, 1.807) is 0 Å². The predicted molar refractivity (Wildman–Crippen MR) is 106 cm³/mol. The largest absolute Gasteiger partial charge is 0.347 e. The summed E-state index contributed by atoms with van der Waals surface area (Å²) in [5.74, 6) is 0.0505. The minimum atomic E-state index is 0.0505. The Kier molecular flexibility index (Phi) is 4.37. The second-order valence-corrected chi connectivity index (χ2v) is 7.09. The van der Waals surface area contributed by atoms with Crippen LogP contribution in [0.2, 0.25) is 0 Å². The van der Waals surface area contributed by atoms with Crippen LogP contribution < -0.4 is 4.90 Å². The molecule has 3 nitrogen and oxygen atoms in total. The highest BCUT2D eigenvalue weighted by molar-refractivity contribution is 5.95. The van der Waals surface area contributed by atoms with E-state index in [0.717, 1.165) is 37.1 Å². The van der Waals surface area contributed by atoms with Crippen molar-refractivity contribution >= 4 is 11.6 Å². The molecule has 132 valence electrons. The summed E-state index contributed by atoms with van der Waals surface area (Å²) >= 11 is 0. The van der Waals surface area contributed by atoms with Gasteiger partial charge in [-0.05, 0) is 61.1 Å². The number of anilines is 1. The third-order valence-electron chi connectivity index (χ3n) is 5.37. The minimum Gasteiger partial charge on any atom is -0.347 e. The number of carbonyl (C=O) groups is 1. The third kappa shape index (κ3) is 2.94. The fourth-order valence-corrected chi connectivity index (χ4v) is 4.02. The molecule has 2 aliphatic rings. The summed E-state index contributed by atoms with van der Waals surface area (Å²) in [7, 11) is 1.89. The van der Waals surface area contributed by atoms with Crippen LogP contribution in [0.4, 0.5) is 5.69 Å². The Bertz CT molecular complexity index is 895. The van der Waals surface area contributed by atoms with Crippen molar-refractivity contribution in [2.75, 3.05) is 18.5 Å². The number of likely N-dealkylation sites (N-methyl/N-ethyl adjacent to an activating group) is 1. The second kappa shape index (κ2) is 6.83. The van der Waals surface area contributed by atoms with Crippen LogP contribution in [-0.4, -0.2) is 24.4 Å². The zero-order valence-electron chi connectivity index (χ0n) is 15.4. The lowest BCUT2D eigenvalue weighted by molar-refractivity contribution is 0.0838. The first kappa shape index (κ1) is 16.6. The molecule has 0 unspecified atom stereocenters. The van der Waals surface area contributed by atoms with Crippen LogP contribution in [0.5, 0.6) is 0 Å². The average molecular weight is 344 g/mol. The summed E-state index contributed by atoms with van der Waals surface area (Å²) in [6.45, 7) is 3.15. The van der Waals surface area contributed by atoms with Crippen molar-refractivity contribution in [3.05, 3.63) is 88.8 Å². The number of amides is 1. The van der Waals surface area contributed by atoms with Gasteiger partial charge in [0.15, 0.2) is 0 Å². The lowest BCUT2D eigenvalue weighted by atomic mass is 10.1. The van der Waals surface area contributed by atoms with E-state index in [4.69, 9.17) is 0 Å². The smallest absolute Gasteiger partial charge is 0.258 e. The molecular formula is C23H24N2O. The molecule has 1 aliphatic carbocycles. The van der Waals surface area contributed by atoms with E-state index in [1.807, 2.05) is 42.3 Å². The summed E-state index contributed by atoms with van der Waals surface area (Å²) in [4.78, 5) is 17.1. The van der Waals surface area contributed by atoms with Gasteiger partial charge in [-0.2, -0.15) is 0 Å². The Hall–Kier alpha value is -2.81. The monoisotopic (exact) mass is 344 g/mol. The highest BCUT2D eigenvalue weighted by Crippen LogP contribution is 2.36. The van der Waals surface area contributed by atoms with Crippen molar-refractivity contribution in [3.8, 4) is 0 Å². The first-order valence-corrected chi connectivity index (χ1v) is 9.23. The summed E-state index contributed by atoms with van der Waals surface area (Å²) in [5, 5.41) is 0.